The number of hydrazine groups is 1. The van der Waals surface area contributed by atoms with Crippen molar-refractivity contribution in [2.24, 2.45) is 0 Å². The minimum atomic E-state index is -0.462. The average Bonchev–Trinajstić information content (AvgIpc) is 3.04. The lowest BCUT2D eigenvalue weighted by atomic mass is 10.0. The average molecular weight is 410 g/mol. The first-order valence-corrected chi connectivity index (χ1v) is 9.87. The summed E-state index contributed by atoms with van der Waals surface area (Å²) in [5.74, 6) is 0.389. The molecule has 0 spiro atoms. The lowest BCUT2D eigenvalue weighted by Crippen LogP contribution is -2.35. The van der Waals surface area contributed by atoms with Crippen LogP contribution in [0.1, 0.15) is 24.5 Å². The third kappa shape index (κ3) is 4.63. The van der Waals surface area contributed by atoms with Crippen LogP contribution in [-0.2, 0) is 14.3 Å². The summed E-state index contributed by atoms with van der Waals surface area (Å²) in [6.45, 7) is 5.26. The van der Waals surface area contributed by atoms with Gasteiger partial charge in [-0.05, 0) is 43.7 Å². The summed E-state index contributed by atoms with van der Waals surface area (Å²) in [5, 5.41) is 1.24. The predicted molar refractivity (Wildman–Crippen MR) is 114 cm³/mol. The van der Waals surface area contributed by atoms with Crippen molar-refractivity contribution >= 4 is 23.6 Å². The largest absolute Gasteiger partial charge is 0.493 e. The number of para-hydroxylation sites is 1. The van der Waals surface area contributed by atoms with Crippen LogP contribution >= 0.6 is 0 Å². The zero-order valence-electron chi connectivity index (χ0n) is 17.4. The van der Waals surface area contributed by atoms with E-state index in [4.69, 9.17) is 14.2 Å². The molecule has 30 heavy (non-hydrogen) atoms. The van der Waals surface area contributed by atoms with E-state index in [-0.39, 0.29) is 5.57 Å². The summed E-state index contributed by atoms with van der Waals surface area (Å²) in [4.78, 5) is 25.4. The molecule has 0 aromatic heterocycles. The maximum absolute atomic E-state index is 12.9. The Kier molecular flexibility index (Phi) is 7.08. The van der Waals surface area contributed by atoms with Gasteiger partial charge in [0.15, 0.2) is 0 Å². The van der Waals surface area contributed by atoms with E-state index >= 15 is 0 Å². The highest BCUT2D eigenvalue weighted by atomic mass is 16.5. The first-order chi connectivity index (χ1) is 14.6. The van der Waals surface area contributed by atoms with E-state index < -0.39 is 11.8 Å². The molecule has 1 heterocycles. The Balaban J connectivity index is 1.95. The van der Waals surface area contributed by atoms with Crippen LogP contribution in [0.5, 0.6) is 11.5 Å². The molecule has 0 radical (unpaired) electrons. The predicted octanol–water partition coefficient (Wildman–Crippen LogP) is 3.27. The van der Waals surface area contributed by atoms with E-state index in [1.54, 1.807) is 43.5 Å². The maximum Gasteiger partial charge on any atom is 0.282 e. The summed E-state index contributed by atoms with van der Waals surface area (Å²) in [7, 11) is 1.60. The van der Waals surface area contributed by atoms with E-state index in [0.717, 1.165) is 12.0 Å². The number of benzene rings is 2. The van der Waals surface area contributed by atoms with Gasteiger partial charge in [0.1, 0.15) is 23.7 Å². The van der Waals surface area contributed by atoms with Crippen LogP contribution in [0.4, 0.5) is 5.69 Å². The third-order valence-electron chi connectivity index (χ3n) is 4.59. The lowest BCUT2D eigenvalue weighted by Gasteiger charge is -2.16. The Morgan fingerprint density at radius 3 is 2.47 bits per heavy atom. The molecule has 0 aliphatic carbocycles. The van der Waals surface area contributed by atoms with Crippen LogP contribution in [0.25, 0.3) is 6.08 Å². The number of anilines is 1. The van der Waals surface area contributed by atoms with E-state index in [0.29, 0.717) is 42.6 Å². The Hall–Kier alpha value is -3.32. The molecule has 158 valence electrons. The molecule has 1 fully saturated rings. The molecule has 0 saturated carbocycles. The number of carbonyl (C=O) groups excluding carboxylic acids is 2. The van der Waals surface area contributed by atoms with Crippen LogP contribution < -0.4 is 19.9 Å². The van der Waals surface area contributed by atoms with Crippen LogP contribution in [-0.4, -0.2) is 38.7 Å². The van der Waals surface area contributed by atoms with Crippen molar-refractivity contribution in [1.29, 1.82) is 0 Å². The van der Waals surface area contributed by atoms with Gasteiger partial charge in [-0.3, -0.25) is 15.0 Å². The van der Waals surface area contributed by atoms with Crippen molar-refractivity contribution in [2.75, 3.05) is 31.9 Å². The van der Waals surface area contributed by atoms with Gasteiger partial charge >= 0.3 is 0 Å². The Morgan fingerprint density at radius 1 is 1.00 bits per heavy atom. The number of amides is 2. The molecule has 3 rings (SSSR count). The van der Waals surface area contributed by atoms with Crippen LogP contribution in [0.3, 0.4) is 0 Å². The van der Waals surface area contributed by atoms with Gasteiger partial charge in [0, 0.05) is 18.2 Å². The van der Waals surface area contributed by atoms with E-state index in [2.05, 4.69) is 5.43 Å². The van der Waals surface area contributed by atoms with E-state index in [1.807, 2.05) is 26.0 Å². The highest BCUT2D eigenvalue weighted by Gasteiger charge is 2.34. The fourth-order valence-electron chi connectivity index (χ4n) is 3.07. The molecule has 1 aliphatic heterocycles. The van der Waals surface area contributed by atoms with Crippen molar-refractivity contribution in [1.82, 2.24) is 5.43 Å². The molecule has 2 amide bonds. The van der Waals surface area contributed by atoms with Gasteiger partial charge < -0.3 is 14.2 Å². The molecule has 1 saturated heterocycles. The van der Waals surface area contributed by atoms with Crippen molar-refractivity contribution < 1.29 is 23.8 Å². The van der Waals surface area contributed by atoms with E-state index in [9.17, 15) is 9.59 Å². The Labute approximate surface area is 176 Å². The van der Waals surface area contributed by atoms with Crippen LogP contribution in [0.2, 0.25) is 0 Å². The molecule has 1 N–H and O–H groups in total. The minimum Gasteiger partial charge on any atom is -0.493 e. The normalized spacial score (nSPS) is 14.9. The van der Waals surface area contributed by atoms with Gasteiger partial charge in [-0.2, -0.15) is 0 Å². The Morgan fingerprint density at radius 2 is 1.77 bits per heavy atom. The highest BCUT2D eigenvalue weighted by Crippen LogP contribution is 2.34. The topological polar surface area (TPSA) is 77.1 Å². The Bertz CT molecular complexity index is 940. The first-order valence-electron chi connectivity index (χ1n) is 9.87. The second kappa shape index (κ2) is 9.93. The molecule has 2 aromatic rings. The van der Waals surface area contributed by atoms with Crippen LogP contribution in [0.15, 0.2) is 48.0 Å². The molecule has 0 bridgehead atoms. The quantitative estimate of drug-likeness (QED) is 0.390. The van der Waals surface area contributed by atoms with Crippen LogP contribution in [0, 0.1) is 6.92 Å². The molecule has 1 aliphatic rings. The number of hydrogen-bond acceptors (Lipinski definition) is 5. The van der Waals surface area contributed by atoms with Gasteiger partial charge in [0.2, 0.25) is 0 Å². The summed E-state index contributed by atoms with van der Waals surface area (Å²) in [6.07, 6.45) is 2.44. The first kappa shape index (κ1) is 21.4. The maximum atomic E-state index is 12.9. The van der Waals surface area contributed by atoms with Crippen molar-refractivity contribution in [3.8, 4) is 11.5 Å². The van der Waals surface area contributed by atoms with Gasteiger partial charge in [0.05, 0.1) is 18.9 Å². The highest BCUT2D eigenvalue weighted by molar-refractivity contribution is 6.31. The van der Waals surface area contributed by atoms with Gasteiger partial charge in [0.25, 0.3) is 11.8 Å². The van der Waals surface area contributed by atoms with Crippen molar-refractivity contribution in [3.05, 3.63) is 59.2 Å². The van der Waals surface area contributed by atoms with Gasteiger partial charge in [-0.15, -0.1) is 0 Å². The summed E-state index contributed by atoms with van der Waals surface area (Å²) < 4.78 is 16.8. The molecule has 0 unspecified atom stereocenters. The zero-order valence-corrected chi connectivity index (χ0v) is 17.4. The number of nitrogens with zero attached hydrogens (tertiary/aromatic N) is 1. The number of ether oxygens (including phenoxy) is 3. The molecular formula is C23H26N2O5. The molecular weight excluding hydrogens is 384 g/mol. The van der Waals surface area contributed by atoms with E-state index in [1.165, 1.54) is 5.01 Å². The smallest absolute Gasteiger partial charge is 0.282 e. The monoisotopic (exact) mass is 410 g/mol. The lowest BCUT2D eigenvalue weighted by molar-refractivity contribution is -0.117. The van der Waals surface area contributed by atoms with Crippen molar-refractivity contribution in [2.45, 2.75) is 20.3 Å². The summed E-state index contributed by atoms with van der Waals surface area (Å²) in [6, 6.07) is 12.6. The molecule has 7 heteroatoms. The van der Waals surface area contributed by atoms with Gasteiger partial charge in [-0.1, -0.05) is 25.1 Å². The minimum absolute atomic E-state index is 0.0390. The number of methoxy groups -OCH3 is 1. The summed E-state index contributed by atoms with van der Waals surface area (Å²) >= 11 is 0. The second-order valence-corrected chi connectivity index (χ2v) is 6.77. The standard InChI is InChI=1S/C23H26N2O5/c1-4-12-29-20-11-10-17(21(16(20)2)30-14-13-28-3)15-19-22(26)24-25(23(19)27)18-8-6-5-7-9-18/h5-11,15H,4,12-14H2,1-3H3,(H,24,26)/b19-15+. The molecule has 7 nitrogen and oxygen atoms in total. The van der Waals surface area contributed by atoms with Gasteiger partial charge in [-0.25, -0.2) is 5.01 Å². The number of rotatable bonds is 9. The molecule has 2 aromatic carbocycles. The number of nitrogens with one attached hydrogen (secondary N) is 1. The fourth-order valence-corrected chi connectivity index (χ4v) is 3.07. The van der Waals surface area contributed by atoms with Crippen molar-refractivity contribution in [3.63, 3.8) is 0 Å². The summed E-state index contributed by atoms with van der Waals surface area (Å²) in [5.41, 5.74) is 4.67. The molecule has 0 atom stereocenters. The SMILES string of the molecule is CCCOc1ccc(/C=C2\C(=O)NN(c3ccccc3)C2=O)c(OCCOC)c1C. The zero-order chi connectivity index (χ0) is 21.5. The number of carbonyl (C=O) groups is 2. The second-order valence-electron chi connectivity index (χ2n) is 6.77. The third-order valence-corrected chi connectivity index (χ3v) is 4.59. The number of hydrogen-bond donors (Lipinski definition) is 1. The fraction of sp³-hybridized carbons (Fsp3) is 0.304.